The van der Waals surface area contributed by atoms with Crippen LogP contribution in [0.3, 0.4) is 0 Å². The minimum Gasteiger partial charge on any atom is -0.271 e. The molecule has 0 spiro atoms. The Labute approximate surface area is 126 Å². The van der Waals surface area contributed by atoms with Gasteiger partial charge >= 0.3 is 0 Å². The lowest BCUT2D eigenvalue weighted by Gasteiger charge is -2.16. The van der Waals surface area contributed by atoms with Gasteiger partial charge in [0, 0.05) is 17.9 Å². The van der Waals surface area contributed by atoms with Gasteiger partial charge in [-0.25, -0.2) is 4.39 Å². The molecule has 0 fully saturated rings. The van der Waals surface area contributed by atoms with E-state index >= 15 is 0 Å². The van der Waals surface area contributed by atoms with E-state index in [1.807, 2.05) is 24.3 Å². The molecule has 1 aromatic carbocycles. The number of aryl methyl sites for hydroxylation is 1. The van der Waals surface area contributed by atoms with Crippen LogP contribution in [0.25, 0.3) is 0 Å². The summed E-state index contributed by atoms with van der Waals surface area (Å²) in [5, 5.41) is 0. The summed E-state index contributed by atoms with van der Waals surface area (Å²) in [6.07, 6.45) is 4.13. The van der Waals surface area contributed by atoms with E-state index in [1.54, 1.807) is 12.3 Å². The van der Waals surface area contributed by atoms with Crippen molar-refractivity contribution in [3.05, 3.63) is 64.1 Å². The first-order chi connectivity index (χ1) is 9.70. The molecule has 0 aliphatic carbocycles. The number of pyridine rings is 1. The molecule has 3 N–H and O–H groups in total. The second-order valence-electron chi connectivity index (χ2n) is 4.64. The van der Waals surface area contributed by atoms with Gasteiger partial charge in [-0.05, 0) is 59.0 Å². The van der Waals surface area contributed by atoms with Gasteiger partial charge in [0.25, 0.3) is 0 Å². The fourth-order valence-corrected chi connectivity index (χ4v) is 2.51. The van der Waals surface area contributed by atoms with E-state index in [-0.39, 0.29) is 11.9 Å². The van der Waals surface area contributed by atoms with E-state index in [2.05, 4.69) is 26.3 Å². The predicted molar refractivity (Wildman–Crippen MR) is 81.5 cm³/mol. The maximum Gasteiger partial charge on any atom is 0.137 e. The Kier molecular flexibility index (Phi) is 5.64. The first-order valence-corrected chi connectivity index (χ1v) is 7.29. The minimum absolute atomic E-state index is 0.0788. The van der Waals surface area contributed by atoms with Crippen LogP contribution in [0.5, 0.6) is 0 Å². The number of benzene rings is 1. The van der Waals surface area contributed by atoms with Crippen molar-refractivity contribution in [3.8, 4) is 0 Å². The highest BCUT2D eigenvalue weighted by Crippen LogP contribution is 2.22. The Hall–Kier alpha value is -1.30. The van der Waals surface area contributed by atoms with Crippen molar-refractivity contribution in [2.24, 2.45) is 5.84 Å². The number of hydrogen-bond acceptors (Lipinski definition) is 3. The highest BCUT2D eigenvalue weighted by atomic mass is 79.9. The van der Waals surface area contributed by atoms with Crippen LogP contribution < -0.4 is 11.3 Å². The molecule has 0 bridgehead atoms. The maximum atomic E-state index is 13.5. The topological polar surface area (TPSA) is 50.9 Å². The van der Waals surface area contributed by atoms with Crippen molar-refractivity contribution in [2.45, 2.75) is 25.3 Å². The van der Waals surface area contributed by atoms with Crippen LogP contribution in [-0.2, 0) is 12.8 Å². The van der Waals surface area contributed by atoms with Gasteiger partial charge in [0.05, 0.1) is 4.47 Å². The van der Waals surface area contributed by atoms with Gasteiger partial charge in [0.1, 0.15) is 5.82 Å². The fraction of sp³-hybridized carbons (Fsp3) is 0.267. The normalized spacial score (nSPS) is 12.3. The molecule has 0 saturated carbocycles. The van der Waals surface area contributed by atoms with Gasteiger partial charge in [0.15, 0.2) is 0 Å². The molecule has 20 heavy (non-hydrogen) atoms. The number of halogens is 2. The highest BCUT2D eigenvalue weighted by Gasteiger charge is 2.12. The lowest BCUT2D eigenvalue weighted by Crippen LogP contribution is -2.37. The molecule has 1 unspecified atom stereocenters. The Morgan fingerprint density at radius 2 is 2.10 bits per heavy atom. The summed E-state index contributed by atoms with van der Waals surface area (Å²) in [7, 11) is 0. The Morgan fingerprint density at radius 3 is 2.80 bits per heavy atom. The van der Waals surface area contributed by atoms with E-state index in [0.717, 1.165) is 24.1 Å². The summed E-state index contributed by atoms with van der Waals surface area (Å²) in [5.41, 5.74) is 4.74. The first-order valence-electron chi connectivity index (χ1n) is 6.49. The van der Waals surface area contributed by atoms with E-state index in [9.17, 15) is 4.39 Å². The Bertz CT molecular complexity index is 548. The number of nitrogens with two attached hydrogens (primary N) is 1. The molecule has 0 saturated heterocycles. The van der Waals surface area contributed by atoms with Crippen LogP contribution in [-0.4, -0.2) is 11.0 Å². The number of hydrogen-bond donors (Lipinski definition) is 2. The molecular weight excluding hydrogens is 321 g/mol. The first kappa shape index (κ1) is 15.1. The summed E-state index contributed by atoms with van der Waals surface area (Å²) in [6.45, 7) is 0. The number of rotatable bonds is 6. The molecule has 5 heteroatoms. The van der Waals surface area contributed by atoms with Gasteiger partial charge in [0.2, 0.25) is 0 Å². The van der Waals surface area contributed by atoms with Crippen molar-refractivity contribution < 1.29 is 4.39 Å². The summed E-state index contributed by atoms with van der Waals surface area (Å²) in [6, 6.07) is 11.0. The lowest BCUT2D eigenvalue weighted by atomic mass is 10.0. The molecule has 0 amide bonds. The van der Waals surface area contributed by atoms with Crippen LogP contribution >= 0.6 is 15.9 Å². The molecule has 106 valence electrons. The molecule has 2 rings (SSSR count). The largest absolute Gasteiger partial charge is 0.271 e. The van der Waals surface area contributed by atoms with Crippen molar-refractivity contribution >= 4 is 15.9 Å². The number of nitrogens with one attached hydrogen (secondary N) is 1. The third-order valence-electron chi connectivity index (χ3n) is 3.21. The third kappa shape index (κ3) is 4.10. The van der Waals surface area contributed by atoms with E-state index in [4.69, 9.17) is 5.84 Å². The van der Waals surface area contributed by atoms with Crippen LogP contribution in [0.1, 0.15) is 17.7 Å². The lowest BCUT2D eigenvalue weighted by molar-refractivity contribution is 0.487. The number of aromatic nitrogens is 1. The Morgan fingerprint density at radius 1 is 1.25 bits per heavy atom. The van der Waals surface area contributed by atoms with Crippen LogP contribution in [0.2, 0.25) is 0 Å². The standard InChI is InChI=1S/C15H17BrFN3/c16-15-11(4-3-6-14(15)17)10-13(20-18)8-7-12-5-1-2-9-19-12/h1-6,9,13,20H,7-8,10,18H2. The molecule has 1 heterocycles. The molecule has 0 aliphatic rings. The van der Waals surface area contributed by atoms with Gasteiger partial charge in [-0.15, -0.1) is 0 Å². The average Bonchev–Trinajstić information content (AvgIpc) is 2.49. The van der Waals surface area contributed by atoms with Crippen molar-refractivity contribution in [1.29, 1.82) is 0 Å². The Balaban J connectivity index is 1.97. The molecule has 1 atom stereocenters. The maximum absolute atomic E-state index is 13.5. The fourth-order valence-electron chi connectivity index (χ4n) is 2.08. The second-order valence-corrected chi connectivity index (χ2v) is 5.43. The highest BCUT2D eigenvalue weighted by molar-refractivity contribution is 9.10. The monoisotopic (exact) mass is 337 g/mol. The van der Waals surface area contributed by atoms with Gasteiger partial charge in [-0.1, -0.05) is 18.2 Å². The molecule has 0 aliphatic heterocycles. The van der Waals surface area contributed by atoms with E-state index in [1.165, 1.54) is 6.07 Å². The second kappa shape index (κ2) is 7.47. The van der Waals surface area contributed by atoms with E-state index < -0.39 is 0 Å². The SMILES string of the molecule is NNC(CCc1ccccn1)Cc1cccc(F)c1Br. The zero-order valence-corrected chi connectivity index (χ0v) is 12.6. The predicted octanol–water partition coefficient (Wildman–Crippen LogP) is 2.99. The van der Waals surface area contributed by atoms with E-state index in [0.29, 0.717) is 10.9 Å². The summed E-state index contributed by atoms with van der Waals surface area (Å²) in [5.74, 6) is 5.35. The smallest absolute Gasteiger partial charge is 0.137 e. The van der Waals surface area contributed by atoms with Gasteiger partial charge in [-0.3, -0.25) is 16.3 Å². The quantitative estimate of drug-likeness (QED) is 0.629. The minimum atomic E-state index is -0.247. The summed E-state index contributed by atoms with van der Waals surface area (Å²) in [4.78, 5) is 4.29. The van der Waals surface area contributed by atoms with Gasteiger partial charge < -0.3 is 0 Å². The average molecular weight is 338 g/mol. The summed E-state index contributed by atoms with van der Waals surface area (Å²) >= 11 is 3.28. The number of hydrazine groups is 1. The molecule has 2 aromatic rings. The van der Waals surface area contributed by atoms with Crippen LogP contribution in [0.4, 0.5) is 4.39 Å². The molecule has 0 radical (unpaired) electrons. The number of nitrogens with zero attached hydrogens (tertiary/aromatic N) is 1. The summed E-state index contributed by atoms with van der Waals surface area (Å²) < 4.78 is 14.0. The zero-order valence-electron chi connectivity index (χ0n) is 11.0. The molecule has 3 nitrogen and oxygen atoms in total. The molecule has 1 aromatic heterocycles. The van der Waals surface area contributed by atoms with Crippen LogP contribution in [0.15, 0.2) is 47.1 Å². The third-order valence-corrected chi connectivity index (χ3v) is 4.10. The zero-order chi connectivity index (χ0) is 14.4. The van der Waals surface area contributed by atoms with Crippen molar-refractivity contribution in [3.63, 3.8) is 0 Å². The van der Waals surface area contributed by atoms with Crippen molar-refractivity contribution in [1.82, 2.24) is 10.4 Å². The van der Waals surface area contributed by atoms with Gasteiger partial charge in [-0.2, -0.15) is 0 Å². The van der Waals surface area contributed by atoms with Crippen molar-refractivity contribution in [2.75, 3.05) is 0 Å². The molecular formula is C15H17BrFN3. The van der Waals surface area contributed by atoms with Crippen LogP contribution in [0, 0.1) is 5.82 Å².